The van der Waals surface area contributed by atoms with Crippen LogP contribution in [0, 0.1) is 4.91 Å². The maximum Gasteiger partial charge on any atom is 0.220 e. The van der Waals surface area contributed by atoms with Crippen LogP contribution in [0.25, 0.3) is 0 Å². The van der Waals surface area contributed by atoms with Crippen molar-refractivity contribution >= 4 is 5.91 Å². The van der Waals surface area contributed by atoms with Crippen molar-refractivity contribution in [2.24, 2.45) is 5.18 Å². The van der Waals surface area contributed by atoms with Crippen LogP contribution in [0.2, 0.25) is 0 Å². The van der Waals surface area contributed by atoms with Crippen molar-refractivity contribution in [1.82, 2.24) is 10.6 Å². The van der Waals surface area contributed by atoms with E-state index in [9.17, 15) is 40.3 Å². The zero-order valence-electron chi connectivity index (χ0n) is 30.3. The molecule has 0 aromatic rings. The van der Waals surface area contributed by atoms with Gasteiger partial charge >= 0.3 is 0 Å². The van der Waals surface area contributed by atoms with Crippen molar-refractivity contribution < 1.29 is 35.4 Å². The highest BCUT2D eigenvalue weighted by Crippen LogP contribution is 2.22. The van der Waals surface area contributed by atoms with E-state index in [1.165, 1.54) is 129 Å². The number of nitrogens with zero attached hydrogens (tertiary/aromatic N) is 1. The maximum absolute atomic E-state index is 12.6. The number of nitroso groups, excluding NO2 is 1. The van der Waals surface area contributed by atoms with Gasteiger partial charge in [0.15, 0.2) is 0 Å². The molecule has 9 atom stereocenters. The Balaban J connectivity index is 2.08. The summed E-state index contributed by atoms with van der Waals surface area (Å²) in [6.45, 7) is 3.50. The van der Waals surface area contributed by atoms with Crippen molar-refractivity contribution in [3.63, 3.8) is 0 Å². The molecule has 0 radical (unpaired) electrons. The first-order chi connectivity index (χ1) is 23.1. The number of carbonyl (C=O) groups is 1. The molecule has 8 N–H and O–H groups in total. The first kappa shape index (κ1) is 44.8. The Morgan fingerprint density at radius 1 is 0.583 bits per heavy atom. The van der Waals surface area contributed by atoms with Gasteiger partial charge in [-0.3, -0.25) is 4.79 Å². The fourth-order valence-electron chi connectivity index (χ4n) is 6.74. The molecule has 0 aromatic heterocycles. The van der Waals surface area contributed by atoms with E-state index in [1.807, 2.05) is 0 Å². The van der Waals surface area contributed by atoms with Crippen LogP contribution in [0.3, 0.4) is 0 Å². The molecule has 0 spiro atoms. The third kappa shape index (κ3) is 19.3. The molecule has 1 aliphatic rings. The summed E-state index contributed by atoms with van der Waals surface area (Å²) in [7, 11) is 0. The quantitative estimate of drug-likeness (QED) is 0.0360. The Morgan fingerprint density at radius 3 is 1.27 bits per heavy atom. The van der Waals surface area contributed by atoms with Crippen LogP contribution in [0.4, 0.5) is 0 Å². The lowest BCUT2D eigenvalue weighted by atomic mass is 9.83. The van der Waals surface area contributed by atoms with E-state index in [2.05, 4.69) is 22.7 Å². The van der Waals surface area contributed by atoms with Gasteiger partial charge in [-0.1, -0.05) is 153 Å². The summed E-state index contributed by atoms with van der Waals surface area (Å²) in [5.41, 5.74) is 0. The normalized spacial score (nSPS) is 24.7. The molecule has 1 rings (SSSR count). The molecular formula is C37H73N3O8. The number of nitrogens with one attached hydrogen (secondary N) is 2. The number of aliphatic hydroxyl groups excluding tert-OH is 6. The molecule has 0 heterocycles. The highest BCUT2D eigenvalue weighted by atomic mass is 16.4. The average Bonchev–Trinajstić information content (AvgIpc) is 3.08. The largest absolute Gasteiger partial charge is 0.389 e. The topological polar surface area (TPSA) is 192 Å². The van der Waals surface area contributed by atoms with Gasteiger partial charge in [0.1, 0.15) is 42.7 Å². The third-order valence-electron chi connectivity index (χ3n) is 10.1. The third-order valence-corrected chi connectivity index (χ3v) is 10.1. The molecule has 48 heavy (non-hydrogen) atoms. The zero-order chi connectivity index (χ0) is 35.6. The molecule has 1 saturated carbocycles. The molecule has 284 valence electrons. The zero-order valence-corrected chi connectivity index (χ0v) is 30.3. The summed E-state index contributed by atoms with van der Waals surface area (Å²) < 4.78 is 0. The summed E-state index contributed by atoms with van der Waals surface area (Å²) in [6.07, 6.45) is 20.4. The van der Waals surface area contributed by atoms with Gasteiger partial charge < -0.3 is 41.3 Å². The number of amides is 1. The van der Waals surface area contributed by atoms with Gasteiger partial charge in [-0.25, -0.2) is 0 Å². The lowest BCUT2D eigenvalue weighted by molar-refractivity contribution is -0.190. The second kappa shape index (κ2) is 28.5. The number of hydrogen-bond acceptors (Lipinski definition) is 10. The van der Waals surface area contributed by atoms with E-state index in [-0.39, 0.29) is 18.9 Å². The van der Waals surface area contributed by atoms with Gasteiger partial charge in [-0.15, -0.1) is 0 Å². The summed E-state index contributed by atoms with van der Waals surface area (Å²) in [5.74, 6) is -0.303. The highest BCUT2D eigenvalue weighted by molar-refractivity contribution is 5.76. The number of hydrogen-bond donors (Lipinski definition) is 8. The molecule has 0 aliphatic heterocycles. The van der Waals surface area contributed by atoms with Crippen molar-refractivity contribution in [2.45, 2.75) is 223 Å². The number of carbonyl (C=O) groups excluding carboxylic acids is 1. The van der Waals surface area contributed by atoms with Crippen LogP contribution in [0.5, 0.6) is 0 Å². The van der Waals surface area contributed by atoms with E-state index >= 15 is 0 Å². The van der Waals surface area contributed by atoms with Gasteiger partial charge in [0.25, 0.3) is 0 Å². The highest BCUT2D eigenvalue weighted by Gasteiger charge is 2.48. The smallest absolute Gasteiger partial charge is 0.220 e. The molecular weight excluding hydrogens is 614 g/mol. The van der Waals surface area contributed by atoms with E-state index < -0.39 is 54.7 Å². The van der Waals surface area contributed by atoms with Crippen LogP contribution in [0.15, 0.2) is 5.18 Å². The second-order valence-corrected chi connectivity index (χ2v) is 14.4. The lowest BCUT2D eigenvalue weighted by Gasteiger charge is -2.42. The van der Waals surface area contributed by atoms with Crippen molar-refractivity contribution in [2.75, 3.05) is 6.54 Å². The summed E-state index contributed by atoms with van der Waals surface area (Å²) in [4.78, 5) is 23.7. The molecule has 11 nitrogen and oxygen atoms in total. The lowest BCUT2D eigenvalue weighted by Crippen LogP contribution is -2.69. The maximum atomic E-state index is 12.6. The Hall–Kier alpha value is -1.21. The van der Waals surface area contributed by atoms with Crippen LogP contribution in [-0.2, 0) is 4.79 Å². The van der Waals surface area contributed by atoms with Crippen LogP contribution >= 0.6 is 0 Å². The van der Waals surface area contributed by atoms with Crippen LogP contribution in [0.1, 0.15) is 168 Å². The summed E-state index contributed by atoms with van der Waals surface area (Å²) in [5, 5.41) is 69.1. The fourth-order valence-corrected chi connectivity index (χ4v) is 6.74. The average molecular weight is 688 g/mol. The van der Waals surface area contributed by atoms with Crippen molar-refractivity contribution in [1.29, 1.82) is 0 Å². The fraction of sp³-hybridized carbons (Fsp3) is 0.973. The Bertz CT molecular complexity index is 778. The van der Waals surface area contributed by atoms with Crippen LogP contribution in [-0.4, -0.2) is 97.8 Å². The monoisotopic (exact) mass is 688 g/mol. The Kier molecular flexibility index (Phi) is 26.6. The first-order valence-electron chi connectivity index (χ1n) is 19.6. The molecule has 0 unspecified atom stereocenters. The molecule has 1 aliphatic carbocycles. The number of unbranched alkanes of at least 4 members (excludes halogenated alkanes) is 22. The Morgan fingerprint density at radius 2 is 0.917 bits per heavy atom. The minimum Gasteiger partial charge on any atom is -0.389 e. The van der Waals surface area contributed by atoms with Gasteiger partial charge in [-0.2, -0.15) is 4.91 Å². The molecule has 0 saturated heterocycles. The summed E-state index contributed by atoms with van der Waals surface area (Å²) in [6, 6.07) is -3.25. The Labute approximate surface area is 291 Å². The van der Waals surface area contributed by atoms with Crippen molar-refractivity contribution in [3.05, 3.63) is 4.91 Å². The molecule has 0 bridgehead atoms. The molecule has 1 fully saturated rings. The van der Waals surface area contributed by atoms with Crippen LogP contribution < -0.4 is 10.6 Å². The second-order valence-electron chi connectivity index (χ2n) is 14.4. The first-order valence-corrected chi connectivity index (χ1v) is 19.6. The van der Waals surface area contributed by atoms with E-state index in [4.69, 9.17) is 0 Å². The van der Waals surface area contributed by atoms with Gasteiger partial charge in [0, 0.05) is 13.0 Å². The minimum absolute atomic E-state index is 0.180. The van der Waals surface area contributed by atoms with E-state index in [0.717, 1.165) is 19.3 Å². The minimum atomic E-state index is -1.72. The van der Waals surface area contributed by atoms with E-state index in [0.29, 0.717) is 6.42 Å². The van der Waals surface area contributed by atoms with E-state index in [1.54, 1.807) is 0 Å². The SMILES string of the molecule is CCCCCCCCCCCCCCCCCCCCCCCCCC(=O)N[C@@H](CN[C@H]1[C@H](O)[C@H](O)[C@@H](O)[C@H](O)[C@H]1O)[C@H](O)[C@@H](C)N=O. The standard InChI is InChI=1S/C37H73N3O8/c1-3-4-5-6-7-8-9-10-11-12-13-14-15-16-17-18-19-20-21-22-23-24-25-26-30(41)39-29(32(42)28(2)40-48)27-38-31-33(43)35(45)37(47)36(46)34(31)44/h28-29,31-38,42-47H,3-27H2,1-2H3,(H,39,41)/t28-,29+,31-,32-,33+,34+,35-,36+,37+/m1/s1. The predicted octanol–water partition coefficient (Wildman–Crippen LogP) is 5.15. The summed E-state index contributed by atoms with van der Waals surface area (Å²) >= 11 is 0. The molecule has 0 aromatic carbocycles. The number of aliphatic hydroxyl groups is 6. The van der Waals surface area contributed by atoms with Crippen molar-refractivity contribution in [3.8, 4) is 0 Å². The number of rotatable bonds is 31. The molecule has 11 heteroatoms. The molecule has 1 amide bonds. The van der Waals surface area contributed by atoms with Gasteiger partial charge in [-0.05, 0) is 13.3 Å². The van der Waals surface area contributed by atoms with Gasteiger partial charge in [0.05, 0.1) is 12.1 Å². The van der Waals surface area contributed by atoms with Gasteiger partial charge in [0.2, 0.25) is 5.91 Å². The predicted molar refractivity (Wildman–Crippen MR) is 192 cm³/mol.